The van der Waals surface area contributed by atoms with Crippen LogP contribution in [0.15, 0.2) is 30.3 Å². The Morgan fingerprint density at radius 2 is 2.00 bits per heavy atom. The van der Waals surface area contributed by atoms with Crippen LogP contribution in [-0.2, 0) is 11.2 Å². The van der Waals surface area contributed by atoms with Crippen LogP contribution in [0.5, 0.6) is 0 Å². The summed E-state index contributed by atoms with van der Waals surface area (Å²) in [4.78, 5) is 10.9. The first-order chi connectivity index (χ1) is 6.61. The molecule has 0 saturated carbocycles. The Labute approximate surface area is 89.4 Å². The smallest absolute Gasteiger partial charge is 0.307 e. The van der Waals surface area contributed by atoms with E-state index in [1.165, 1.54) is 0 Å². The Kier molecular flexibility index (Phi) is 4.01. The Balaban J connectivity index is 2.70. The summed E-state index contributed by atoms with van der Waals surface area (Å²) >= 11 is 4.18. The molecular formula is C11H14O2S. The molecule has 0 saturated heterocycles. The van der Waals surface area contributed by atoms with Crippen molar-refractivity contribution in [3.63, 3.8) is 0 Å². The lowest BCUT2D eigenvalue weighted by atomic mass is 9.97. The van der Waals surface area contributed by atoms with Gasteiger partial charge < -0.3 is 5.11 Å². The van der Waals surface area contributed by atoms with Gasteiger partial charge in [0.2, 0.25) is 0 Å². The van der Waals surface area contributed by atoms with E-state index in [-0.39, 0.29) is 5.25 Å². The number of benzene rings is 1. The summed E-state index contributed by atoms with van der Waals surface area (Å²) in [5.74, 6) is -1.20. The molecule has 0 aliphatic carbocycles. The molecule has 0 bridgehead atoms. The highest BCUT2D eigenvalue weighted by atomic mass is 32.1. The van der Waals surface area contributed by atoms with Gasteiger partial charge in [0.05, 0.1) is 5.92 Å². The van der Waals surface area contributed by atoms with Crippen LogP contribution in [0.2, 0.25) is 0 Å². The predicted octanol–water partition coefficient (Wildman–Crippen LogP) is 2.25. The second-order valence-corrected chi connectivity index (χ2v) is 4.19. The maximum atomic E-state index is 10.9. The van der Waals surface area contributed by atoms with Gasteiger partial charge in [-0.3, -0.25) is 4.79 Å². The molecule has 1 N–H and O–H groups in total. The van der Waals surface area contributed by atoms with Gasteiger partial charge in [0.15, 0.2) is 0 Å². The average molecular weight is 210 g/mol. The zero-order chi connectivity index (χ0) is 10.6. The molecule has 2 atom stereocenters. The van der Waals surface area contributed by atoms with Crippen molar-refractivity contribution in [2.75, 3.05) is 0 Å². The molecule has 76 valence electrons. The van der Waals surface area contributed by atoms with Crippen molar-refractivity contribution in [1.29, 1.82) is 0 Å². The summed E-state index contributed by atoms with van der Waals surface area (Å²) in [7, 11) is 0. The molecule has 0 heterocycles. The van der Waals surface area contributed by atoms with Crippen LogP contribution in [0.4, 0.5) is 0 Å². The first-order valence-corrected chi connectivity index (χ1v) is 5.07. The van der Waals surface area contributed by atoms with Crippen molar-refractivity contribution < 1.29 is 9.90 Å². The van der Waals surface area contributed by atoms with Gasteiger partial charge in [-0.05, 0) is 12.0 Å². The van der Waals surface area contributed by atoms with Crippen LogP contribution in [0.3, 0.4) is 0 Å². The third-order valence-electron chi connectivity index (χ3n) is 2.20. The maximum absolute atomic E-state index is 10.9. The summed E-state index contributed by atoms with van der Waals surface area (Å²) in [5.41, 5.74) is 1.04. The van der Waals surface area contributed by atoms with Gasteiger partial charge in [-0.2, -0.15) is 12.6 Å². The number of hydrogen-bond donors (Lipinski definition) is 2. The molecule has 1 aromatic rings. The number of thiol groups is 1. The molecule has 0 aliphatic heterocycles. The van der Waals surface area contributed by atoms with E-state index in [0.717, 1.165) is 5.56 Å². The van der Waals surface area contributed by atoms with E-state index < -0.39 is 11.9 Å². The lowest BCUT2D eigenvalue weighted by Crippen LogP contribution is -2.24. The molecule has 0 amide bonds. The molecule has 2 unspecified atom stereocenters. The normalized spacial score (nSPS) is 14.7. The third kappa shape index (κ3) is 3.07. The largest absolute Gasteiger partial charge is 0.481 e. The molecule has 0 aliphatic rings. The maximum Gasteiger partial charge on any atom is 0.307 e. The van der Waals surface area contributed by atoms with E-state index in [1.807, 2.05) is 37.3 Å². The van der Waals surface area contributed by atoms with Crippen LogP contribution in [-0.4, -0.2) is 16.3 Å². The van der Waals surface area contributed by atoms with Crippen LogP contribution < -0.4 is 0 Å². The standard InChI is InChI=1S/C11H14O2S/c1-8(14)10(11(12)13)7-9-5-3-2-4-6-9/h2-6,8,10,14H,7H2,1H3,(H,12,13). The van der Waals surface area contributed by atoms with Gasteiger partial charge in [-0.1, -0.05) is 37.3 Å². The molecule has 1 rings (SSSR count). The number of carboxylic acid groups (broad SMARTS) is 1. The van der Waals surface area contributed by atoms with E-state index in [0.29, 0.717) is 6.42 Å². The summed E-state index contributed by atoms with van der Waals surface area (Å²) in [6.45, 7) is 1.81. The van der Waals surface area contributed by atoms with E-state index in [2.05, 4.69) is 12.6 Å². The number of aliphatic carboxylic acids is 1. The van der Waals surface area contributed by atoms with Crippen molar-refractivity contribution in [2.45, 2.75) is 18.6 Å². The number of carboxylic acids is 1. The van der Waals surface area contributed by atoms with Crippen molar-refractivity contribution in [3.8, 4) is 0 Å². The first-order valence-electron chi connectivity index (χ1n) is 4.56. The van der Waals surface area contributed by atoms with Crippen LogP contribution >= 0.6 is 12.6 Å². The highest BCUT2D eigenvalue weighted by Gasteiger charge is 2.22. The zero-order valence-electron chi connectivity index (χ0n) is 8.05. The monoisotopic (exact) mass is 210 g/mol. The first kappa shape index (κ1) is 11.1. The second-order valence-electron chi connectivity index (χ2n) is 3.38. The summed E-state index contributed by atoms with van der Waals surface area (Å²) in [6.07, 6.45) is 0.542. The molecule has 0 spiro atoms. The Morgan fingerprint density at radius 3 is 2.43 bits per heavy atom. The summed E-state index contributed by atoms with van der Waals surface area (Å²) in [5, 5.41) is 8.82. The molecular weight excluding hydrogens is 196 g/mol. The van der Waals surface area contributed by atoms with Gasteiger partial charge in [0.1, 0.15) is 0 Å². The summed E-state index contributed by atoms with van der Waals surface area (Å²) < 4.78 is 0. The fraction of sp³-hybridized carbons (Fsp3) is 0.364. The van der Waals surface area contributed by atoms with Crippen LogP contribution in [0, 0.1) is 5.92 Å². The molecule has 0 aromatic heterocycles. The Morgan fingerprint density at radius 1 is 1.43 bits per heavy atom. The predicted molar refractivity (Wildman–Crippen MR) is 59.7 cm³/mol. The van der Waals surface area contributed by atoms with Crippen molar-refractivity contribution in [2.24, 2.45) is 5.92 Å². The van der Waals surface area contributed by atoms with Gasteiger partial charge >= 0.3 is 5.97 Å². The highest BCUT2D eigenvalue weighted by Crippen LogP contribution is 2.16. The number of hydrogen-bond acceptors (Lipinski definition) is 2. The zero-order valence-corrected chi connectivity index (χ0v) is 8.95. The van der Waals surface area contributed by atoms with Gasteiger partial charge in [0, 0.05) is 5.25 Å². The fourth-order valence-electron chi connectivity index (χ4n) is 1.33. The van der Waals surface area contributed by atoms with Crippen molar-refractivity contribution in [3.05, 3.63) is 35.9 Å². The van der Waals surface area contributed by atoms with Crippen LogP contribution in [0.1, 0.15) is 12.5 Å². The van der Waals surface area contributed by atoms with Crippen molar-refractivity contribution >= 4 is 18.6 Å². The van der Waals surface area contributed by atoms with E-state index >= 15 is 0 Å². The van der Waals surface area contributed by atoms with E-state index in [4.69, 9.17) is 5.11 Å². The van der Waals surface area contributed by atoms with Gasteiger partial charge in [0.25, 0.3) is 0 Å². The van der Waals surface area contributed by atoms with Gasteiger partial charge in [-0.25, -0.2) is 0 Å². The minimum Gasteiger partial charge on any atom is -0.481 e. The Bertz CT molecular complexity index is 295. The lowest BCUT2D eigenvalue weighted by Gasteiger charge is -2.15. The average Bonchev–Trinajstić information content (AvgIpc) is 2.15. The molecule has 0 radical (unpaired) electrons. The minimum absolute atomic E-state index is 0.132. The Hall–Kier alpha value is -0.960. The second kappa shape index (κ2) is 5.05. The molecule has 0 fully saturated rings. The fourth-order valence-corrected chi connectivity index (χ4v) is 1.57. The quantitative estimate of drug-likeness (QED) is 0.748. The molecule has 2 nitrogen and oxygen atoms in total. The van der Waals surface area contributed by atoms with Crippen molar-refractivity contribution in [1.82, 2.24) is 0 Å². The van der Waals surface area contributed by atoms with Gasteiger partial charge in [-0.15, -0.1) is 0 Å². The highest BCUT2D eigenvalue weighted by molar-refractivity contribution is 7.81. The van der Waals surface area contributed by atoms with E-state index in [9.17, 15) is 4.79 Å². The van der Waals surface area contributed by atoms with E-state index in [1.54, 1.807) is 0 Å². The molecule has 14 heavy (non-hydrogen) atoms. The molecule has 3 heteroatoms. The SMILES string of the molecule is CC(S)C(Cc1ccccc1)C(=O)O. The molecule has 1 aromatic carbocycles. The number of carbonyl (C=O) groups is 1. The number of rotatable bonds is 4. The summed E-state index contributed by atoms with van der Waals surface area (Å²) in [6, 6.07) is 9.62. The third-order valence-corrected chi connectivity index (χ3v) is 2.56. The topological polar surface area (TPSA) is 37.3 Å². The lowest BCUT2D eigenvalue weighted by molar-refractivity contribution is -0.141. The minimum atomic E-state index is -0.781. The van der Waals surface area contributed by atoms with Crippen LogP contribution in [0.25, 0.3) is 0 Å².